The second kappa shape index (κ2) is 7.07. The number of nitrogens with zero attached hydrogens (tertiary/aromatic N) is 3. The number of hydrogen-bond acceptors (Lipinski definition) is 6. The standard InChI is InChI=1S/C20H27F2N3O2S/c1-14-16(2-3-17(23-14)27-18(21)22)28-25-6-4-19(5-7-25)8-15(9-19)24-10-20(11-24)12-26-13-20/h2-3,15,18H,4-13H2,1H3. The van der Waals surface area contributed by atoms with Gasteiger partial charge >= 0.3 is 6.61 Å². The van der Waals surface area contributed by atoms with Crippen LogP contribution < -0.4 is 4.74 Å². The van der Waals surface area contributed by atoms with Crippen molar-refractivity contribution in [2.75, 3.05) is 39.4 Å². The van der Waals surface area contributed by atoms with Crippen molar-refractivity contribution in [3.05, 3.63) is 17.8 Å². The van der Waals surface area contributed by atoms with Crippen LogP contribution in [0.15, 0.2) is 17.0 Å². The van der Waals surface area contributed by atoms with E-state index in [1.165, 1.54) is 44.8 Å². The molecule has 0 N–H and O–H groups in total. The van der Waals surface area contributed by atoms with Crippen molar-refractivity contribution in [2.45, 2.75) is 50.2 Å². The molecule has 0 radical (unpaired) electrons. The van der Waals surface area contributed by atoms with Crippen molar-refractivity contribution >= 4 is 11.9 Å². The Kier molecular flexibility index (Phi) is 4.81. The summed E-state index contributed by atoms with van der Waals surface area (Å²) in [6, 6.07) is 4.15. The average Bonchev–Trinajstić information content (AvgIpc) is 2.54. The number of rotatable bonds is 5. The third-order valence-electron chi connectivity index (χ3n) is 6.98. The lowest BCUT2D eigenvalue weighted by Crippen LogP contribution is -2.70. The Bertz CT molecular complexity index is 722. The first kappa shape index (κ1) is 19.0. The van der Waals surface area contributed by atoms with Crippen LogP contribution in [-0.4, -0.2) is 66.2 Å². The topological polar surface area (TPSA) is 37.8 Å². The van der Waals surface area contributed by atoms with Crippen LogP contribution in [0.1, 0.15) is 31.4 Å². The minimum Gasteiger partial charge on any atom is -0.417 e. The minimum atomic E-state index is -2.83. The summed E-state index contributed by atoms with van der Waals surface area (Å²) in [5.41, 5.74) is 1.80. The molecule has 2 spiro atoms. The van der Waals surface area contributed by atoms with E-state index in [9.17, 15) is 8.78 Å². The molecule has 5 rings (SSSR count). The van der Waals surface area contributed by atoms with Gasteiger partial charge in [-0.2, -0.15) is 8.78 Å². The molecule has 4 fully saturated rings. The van der Waals surface area contributed by atoms with Gasteiger partial charge in [0.15, 0.2) is 0 Å². The second-order valence-electron chi connectivity index (χ2n) is 9.09. The zero-order chi connectivity index (χ0) is 19.4. The Balaban J connectivity index is 1.08. The average molecular weight is 412 g/mol. The molecule has 0 amide bonds. The Labute approximate surface area is 168 Å². The molecule has 8 heteroatoms. The predicted molar refractivity (Wildman–Crippen MR) is 103 cm³/mol. The van der Waals surface area contributed by atoms with Crippen molar-refractivity contribution in [3.8, 4) is 5.88 Å². The Hall–Kier alpha value is -0.960. The van der Waals surface area contributed by atoms with E-state index in [1.54, 1.807) is 11.9 Å². The third-order valence-corrected chi connectivity index (χ3v) is 8.23. The van der Waals surface area contributed by atoms with Crippen LogP contribution in [0.3, 0.4) is 0 Å². The highest BCUT2D eigenvalue weighted by Gasteiger charge is 2.55. The molecular formula is C20H27F2N3O2S. The van der Waals surface area contributed by atoms with Crippen molar-refractivity contribution in [1.29, 1.82) is 0 Å². The molecule has 4 heterocycles. The van der Waals surface area contributed by atoms with Crippen molar-refractivity contribution in [3.63, 3.8) is 0 Å². The Morgan fingerprint density at radius 3 is 2.46 bits per heavy atom. The Morgan fingerprint density at radius 2 is 1.89 bits per heavy atom. The second-order valence-corrected chi connectivity index (χ2v) is 10.2. The van der Waals surface area contributed by atoms with Gasteiger partial charge in [-0.3, -0.25) is 4.90 Å². The molecule has 5 nitrogen and oxygen atoms in total. The summed E-state index contributed by atoms with van der Waals surface area (Å²) in [6.07, 6.45) is 5.20. The maximum atomic E-state index is 12.3. The number of ether oxygens (including phenoxy) is 2. The number of aryl methyl sites for hydroxylation is 1. The highest BCUT2D eigenvalue weighted by molar-refractivity contribution is 7.97. The molecule has 1 aromatic rings. The van der Waals surface area contributed by atoms with Crippen LogP contribution in [0.25, 0.3) is 0 Å². The van der Waals surface area contributed by atoms with E-state index < -0.39 is 6.61 Å². The van der Waals surface area contributed by atoms with Gasteiger partial charge in [-0.15, -0.1) is 0 Å². The number of likely N-dealkylation sites (tertiary alicyclic amines) is 1. The van der Waals surface area contributed by atoms with Crippen LogP contribution in [0.4, 0.5) is 8.78 Å². The number of pyridine rings is 1. The van der Waals surface area contributed by atoms with Crippen LogP contribution >= 0.6 is 11.9 Å². The summed E-state index contributed by atoms with van der Waals surface area (Å²) in [4.78, 5) is 7.82. The highest BCUT2D eigenvalue weighted by Crippen LogP contribution is 2.54. The number of aromatic nitrogens is 1. The van der Waals surface area contributed by atoms with Crippen molar-refractivity contribution < 1.29 is 18.3 Å². The predicted octanol–water partition coefficient (Wildman–Crippen LogP) is 3.58. The highest BCUT2D eigenvalue weighted by atomic mass is 32.2. The number of halogens is 2. The molecule has 0 aromatic carbocycles. The van der Waals surface area contributed by atoms with Crippen molar-refractivity contribution in [2.24, 2.45) is 10.8 Å². The normalized spacial score (nSPS) is 26.9. The summed E-state index contributed by atoms with van der Waals surface area (Å²) < 4.78 is 36.8. The molecule has 0 atom stereocenters. The monoisotopic (exact) mass is 411 g/mol. The fourth-order valence-electron chi connectivity index (χ4n) is 5.22. The summed E-state index contributed by atoms with van der Waals surface area (Å²) in [6.45, 7) is 5.58. The smallest absolute Gasteiger partial charge is 0.388 e. The van der Waals surface area contributed by atoms with E-state index >= 15 is 0 Å². The van der Waals surface area contributed by atoms with E-state index in [-0.39, 0.29) is 5.88 Å². The molecule has 3 aliphatic heterocycles. The molecule has 1 aliphatic carbocycles. The first-order chi connectivity index (χ1) is 13.4. The third kappa shape index (κ3) is 3.53. The Morgan fingerprint density at radius 1 is 1.18 bits per heavy atom. The lowest BCUT2D eigenvalue weighted by Gasteiger charge is -2.63. The number of hydrogen-bond donors (Lipinski definition) is 0. The molecule has 4 aliphatic rings. The zero-order valence-corrected chi connectivity index (χ0v) is 17.0. The van der Waals surface area contributed by atoms with Gasteiger partial charge in [0.25, 0.3) is 0 Å². The van der Waals surface area contributed by atoms with Crippen LogP contribution in [0.2, 0.25) is 0 Å². The van der Waals surface area contributed by atoms with Gasteiger partial charge in [-0.05, 0) is 56.0 Å². The van der Waals surface area contributed by atoms with E-state index in [2.05, 4.69) is 18.9 Å². The van der Waals surface area contributed by atoms with Gasteiger partial charge in [0, 0.05) is 48.6 Å². The van der Waals surface area contributed by atoms with E-state index in [4.69, 9.17) is 4.74 Å². The van der Waals surface area contributed by atoms with Gasteiger partial charge in [-0.1, -0.05) is 0 Å². The number of piperidine rings is 1. The summed E-state index contributed by atoms with van der Waals surface area (Å²) in [7, 11) is 0. The van der Waals surface area contributed by atoms with Gasteiger partial charge in [0.1, 0.15) is 0 Å². The van der Waals surface area contributed by atoms with E-state index in [0.717, 1.165) is 42.9 Å². The molecule has 3 saturated heterocycles. The summed E-state index contributed by atoms with van der Waals surface area (Å²) in [5.74, 6) is -0.0174. The maximum absolute atomic E-state index is 12.3. The molecule has 0 bridgehead atoms. The van der Waals surface area contributed by atoms with Crippen molar-refractivity contribution in [1.82, 2.24) is 14.2 Å². The fraction of sp³-hybridized carbons (Fsp3) is 0.750. The quantitative estimate of drug-likeness (QED) is 0.690. The summed E-state index contributed by atoms with van der Waals surface area (Å²) >= 11 is 1.69. The van der Waals surface area contributed by atoms with E-state index in [0.29, 0.717) is 10.8 Å². The van der Waals surface area contributed by atoms with Crippen LogP contribution in [0.5, 0.6) is 5.88 Å². The molecule has 154 valence electrons. The van der Waals surface area contributed by atoms with Gasteiger partial charge in [-0.25, -0.2) is 9.29 Å². The van der Waals surface area contributed by atoms with Crippen LogP contribution in [0, 0.1) is 17.8 Å². The molecule has 0 unspecified atom stereocenters. The largest absolute Gasteiger partial charge is 0.417 e. The number of alkyl halides is 2. The first-order valence-corrected chi connectivity index (χ1v) is 10.9. The molecule has 1 saturated carbocycles. The summed E-state index contributed by atoms with van der Waals surface area (Å²) in [5, 5.41) is 0. The minimum absolute atomic E-state index is 0.0174. The molecular weight excluding hydrogens is 384 g/mol. The van der Waals surface area contributed by atoms with Crippen LogP contribution in [-0.2, 0) is 4.74 Å². The fourth-order valence-corrected chi connectivity index (χ4v) is 6.17. The molecule has 1 aromatic heterocycles. The lowest BCUT2D eigenvalue weighted by molar-refractivity contribution is -0.215. The lowest BCUT2D eigenvalue weighted by atomic mass is 9.59. The SMILES string of the molecule is Cc1nc(OC(F)F)ccc1SN1CCC2(CC1)CC(N1CC3(COC3)C1)C2. The first-order valence-electron chi connectivity index (χ1n) is 10.1. The van der Waals surface area contributed by atoms with E-state index in [1.807, 2.05) is 13.0 Å². The van der Waals surface area contributed by atoms with Gasteiger partial charge < -0.3 is 9.47 Å². The van der Waals surface area contributed by atoms with Gasteiger partial charge in [0.2, 0.25) is 5.88 Å². The maximum Gasteiger partial charge on any atom is 0.388 e. The van der Waals surface area contributed by atoms with Gasteiger partial charge in [0.05, 0.1) is 18.9 Å². The zero-order valence-electron chi connectivity index (χ0n) is 16.2. The molecule has 28 heavy (non-hydrogen) atoms.